The number of benzene rings is 2. The van der Waals surface area contributed by atoms with Gasteiger partial charge in [0.2, 0.25) is 0 Å². The molecule has 2 aromatic rings. The first kappa shape index (κ1) is 24.9. The molecule has 180 valence electrons. The average Bonchev–Trinajstić information content (AvgIpc) is 2.81. The Morgan fingerprint density at radius 2 is 1.61 bits per heavy atom. The predicted molar refractivity (Wildman–Crippen MR) is 132 cm³/mol. The maximum atomic E-state index is 12.4. The van der Waals surface area contributed by atoms with E-state index in [2.05, 4.69) is 29.6 Å². The number of rotatable bonds is 7. The zero-order valence-corrected chi connectivity index (χ0v) is 20.8. The van der Waals surface area contributed by atoms with E-state index in [1.807, 2.05) is 46.0 Å². The van der Waals surface area contributed by atoms with E-state index in [1.165, 1.54) is 0 Å². The van der Waals surface area contributed by atoms with Gasteiger partial charge in [0.05, 0.1) is 14.2 Å². The summed E-state index contributed by atoms with van der Waals surface area (Å²) >= 11 is 0. The van der Waals surface area contributed by atoms with E-state index < -0.39 is 5.60 Å². The molecule has 1 aliphatic rings. The van der Waals surface area contributed by atoms with Gasteiger partial charge in [-0.2, -0.15) is 0 Å². The van der Waals surface area contributed by atoms with Gasteiger partial charge in [-0.15, -0.1) is 0 Å². The van der Waals surface area contributed by atoms with E-state index in [1.54, 1.807) is 19.1 Å². The lowest BCUT2D eigenvalue weighted by molar-refractivity contribution is 0.0179. The van der Waals surface area contributed by atoms with Gasteiger partial charge in [0, 0.05) is 31.2 Å². The highest BCUT2D eigenvalue weighted by Gasteiger charge is 2.29. The summed E-state index contributed by atoms with van der Waals surface area (Å²) in [6.45, 7) is 6.44. The predicted octanol–water partition coefficient (Wildman–Crippen LogP) is 5.64. The zero-order chi connectivity index (χ0) is 24.0. The molecule has 0 radical (unpaired) electrons. The highest BCUT2D eigenvalue weighted by atomic mass is 16.6. The number of hydrogen-bond acceptors (Lipinski definition) is 5. The molecule has 2 aromatic carbocycles. The van der Waals surface area contributed by atoms with Gasteiger partial charge in [-0.1, -0.05) is 18.2 Å². The third kappa shape index (κ3) is 6.87. The number of carbonyl (C=O) groups is 1. The quantitative estimate of drug-likeness (QED) is 0.587. The third-order valence-electron chi connectivity index (χ3n) is 6.21. The van der Waals surface area contributed by atoms with Crippen LogP contribution in [0.25, 0.3) is 11.1 Å². The molecule has 1 amide bonds. The SMILES string of the molecule is COc1ccc(-c2ccc(OC)c(CN[C@H]3CC[C@H](N(C)C(=O)OC(C)(C)C)CC3)c2)cc1. The molecule has 0 aliphatic heterocycles. The summed E-state index contributed by atoms with van der Waals surface area (Å²) in [5.41, 5.74) is 2.96. The fourth-order valence-corrected chi connectivity index (χ4v) is 4.28. The molecule has 0 saturated heterocycles. The Hall–Kier alpha value is -2.73. The second-order valence-corrected chi connectivity index (χ2v) is 9.73. The fraction of sp³-hybridized carbons (Fsp3) is 0.519. The molecular formula is C27H38N2O4. The molecular weight excluding hydrogens is 416 g/mol. The summed E-state index contributed by atoms with van der Waals surface area (Å²) < 4.78 is 16.4. The minimum absolute atomic E-state index is 0.228. The van der Waals surface area contributed by atoms with E-state index in [0.717, 1.165) is 60.4 Å². The summed E-state index contributed by atoms with van der Waals surface area (Å²) in [4.78, 5) is 14.1. The van der Waals surface area contributed by atoms with Crippen molar-refractivity contribution >= 4 is 6.09 Å². The Morgan fingerprint density at radius 3 is 2.18 bits per heavy atom. The number of ether oxygens (including phenoxy) is 3. The first-order valence-corrected chi connectivity index (χ1v) is 11.7. The molecule has 6 heteroatoms. The highest BCUT2D eigenvalue weighted by molar-refractivity contribution is 5.68. The van der Waals surface area contributed by atoms with Crippen LogP contribution in [-0.2, 0) is 11.3 Å². The van der Waals surface area contributed by atoms with E-state index >= 15 is 0 Å². The minimum atomic E-state index is -0.469. The smallest absolute Gasteiger partial charge is 0.410 e. The lowest BCUT2D eigenvalue weighted by atomic mass is 9.90. The first-order chi connectivity index (χ1) is 15.7. The van der Waals surface area contributed by atoms with Crippen molar-refractivity contribution in [3.05, 3.63) is 48.0 Å². The van der Waals surface area contributed by atoms with Crippen molar-refractivity contribution in [3.63, 3.8) is 0 Å². The first-order valence-electron chi connectivity index (χ1n) is 11.7. The Bertz CT molecular complexity index is 913. The zero-order valence-electron chi connectivity index (χ0n) is 20.8. The molecule has 0 atom stereocenters. The number of carbonyl (C=O) groups excluding carboxylic acids is 1. The molecule has 1 saturated carbocycles. The number of methoxy groups -OCH3 is 2. The molecule has 3 rings (SSSR count). The van der Waals surface area contributed by atoms with Crippen LogP contribution >= 0.6 is 0 Å². The van der Waals surface area contributed by atoms with E-state index in [0.29, 0.717) is 6.04 Å². The van der Waals surface area contributed by atoms with Gasteiger partial charge < -0.3 is 24.4 Å². The second kappa shape index (κ2) is 10.9. The molecule has 6 nitrogen and oxygen atoms in total. The average molecular weight is 455 g/mol. The van der Waals surface area contributed by atoms with Crippen LogP contribution in [0.15, 0.2) is 42.5 Å². The Kier molecular flexibility index (Phi) is 8.25. The summed E-state index contributed by atoms with van der Waals surface area (Å²) in [5.74, 6) is 1.74. The maximum Gasteiger partial charge on any atom is 0.410 e. The van der Waals surface area contributed by atoms with Crippen molar-refractivity contribution in [3.8, 4) is 22.6 Å². The highest BCUT2D eigenvalue weighted by Crippen LogP contribution is 2.29. The van der Waals surface area contributed by atoms with Crippen LogP contribution < -0.4 is 14.8 Å². The molecule has 0 heterocycles. The molecule has 0 aromatic heterocycles. The van der Waals surface area contributed by atoms with Crippen LogP contribution in [0.2, 0.25) is 0 Å². The monoisotopic (exact) mass is 454 g/mol. The van der Waals surface area contributed by atoms with Gasteiger partial charge in [0.1, 0.15) is 17.1 Å². The molecule has 33 heavy (non-hydrogen) atoms. The Labute approximate surface area is 198 Å². The van der Waals surface area contributed by atoms with Crippen molar-refractivity contribution < 1.29 is 19.0 Å². The third-order valence-corrected chi connectivity index (χ3v) is 6.21. The van der Waals surface area contributed by atoms with Gasteiger partial charge in [0.25, 0.3) is 0 Å². The van der Waals surface area contributed by atoms with Crippen LogP contribution in [0.1, 0.15) is 52.0 Å². The van der Waals surface area contributed by atoms with Crippen molar-refractivity contribution in [2.24, 2.45) is 0 Å². The molecule has 0 bridgehead atoms. The number of nitrogens with one attached hydrogen (secondary N) is 1. The van der Waals surface area contributed by atoms with E-state index in [4.69, 9.17) is 14.2 Å². The topological polar surface area (TPSA) is 60.0 Å². The van der Waals surface area contributed by atoms with Crippen LogP contribution in [0.3, 0.4) is 0 Å². The van der Waals surface area contributed by atoms with Gasteiger partial charge in [-0.25, -0.2) is 4.79 Å². The van der Waals surface area contributed by atoms with Crippen molar-refractivity contribution in [2.45, 2.75) is 70.7 Å². The molecule has 0 spiro atoms. The van der Waals surface area contributed by atoms with Crippen LogP contribution in [0.4, 0.5) is 4.79 Å². The van der Waals surface area contributed by atoms with Crippen molar-refractivity contribution in [1.82, 2.24) is 10.2 Å². The van der Waals surface area contributed by atoms with Gasteiger partial charge in [-0.05, 0) is 81.8 Å². The van der Waals surface area contributed by atoms with Gasteiger partial charge >= 0.3 is 6.09 Å². The molecule has 1 N–H and O–H groups in total. The number of hydrogen-bond donors (Lipinski definition) is 1. The normalized spacial score (nSPS) is 18.5. The Balaban J connectivity index is 1.57. The minimum Gasteiger partial charge on any atom is -0.497 e. The summed E-state index contributed by atoms with van der Waals surface area (Å²) in [5, 5.41) is 3.70. The molecule has 1 fully saturated rings. The summed E-state index contributed by atoms with van der Waals surface area (Å²) in [6, 6.07) is 15.0. The van der Waals surface area contributed by atoms with Gasteiger partial charge in [-0.3, -0.25) is 0 Å². The van der Waals surface area contributed by atoms with Crippen molar-refractivity contribution in [1.29, 1.82) is 0 Å². The standard InChI is InChI=1S/C27H38N2O4/c1-27(2,3)33-26(30)29(4)23-12-10-22(11-13-23)28-18-21-17-20(9-16-25(21)32-6)19-7-14-24(31-5)15-8-19/h7-9,14-17,22-23,28H,10-13,18H2,1-6H3/t22-,23-. The summed E-state index contributed by atoms with van der Waals surface area (Å²) in [6.07, 6.45) is 3.75. The van der Waals surface area contributed by atoms with E-state index in [-0.39, 0.29) is 12.1 Å². The number of amides is 1. The molecule has 1 aliphatic carbocycles. The van der Waals surface area contributed by atoms with Crippen molar-refractivity contribution in [2.75, 3.05) is 21.3 Å². The molecule has 0 unspecified atom stereocenters. The lowest BCUT2D eigenvalue weighted by Crippen LogP contribution is -2.44. The van der Waals surface area contributed by atoms with E-state index in [9.17, 15) is 4.79 Å². The Morgan fingerprint density at radius 1 is 0.970 bits per heavy atom. The second-order valence-electron chi connectivity index (χ2n) is 9.73. The summed E-state index contributed by atoms with van der Waals surface area (Å²) in [7, 11) is 5.24. The fourth-order valence-electron chi connectivity index (χ4n) is 4.28. The largest absolute Gasteiger partial charge is 0.497 e. The van der Waals surface area contributed by atoms with Crippen LogP contribution in [-0.4, -0.2) is 49.9 Å². The lowest BCUT2D eigenvalue weighted by Gasteiger charge is -2.36. The van der Waals surface area contributed by atoms with Gasteiger partial charge in [0.15, 0.2) is 0 Å². The van der Waals surface area contributed by atoms with Crippen LogP contribution in [0.5, 0.6) is 11.5 Å². The van der Waals surface area contributed by atoms with Crippen LogP contribution in [0, 0.1) is 0 Å². The number of nitrogens with zero attached hydrogens (tertiary/aromatic N) is 1. The maximum absolute atomic E-state index is 12.4.